The van der Waals surface area contributed by atoms with E-state index in [1.54, 1.807) is 0 Å². The molecule has 2 saturated heterocycles. The van der Waals surface area contributed by atoms with E-state index in [-0.39, 0.29) is 0 Å². The first-order valence-corrected chi connectivity index (χ1v) is 7.82. The molecule has 4 nitrogen and oxygen atoms in total. The predicted molar refractivity (Wildman–Crippen MR) is 83.8 cm³/mol. The number of nitrogens with one attached hydrogen (secondary N) is 1. The molecule has 20 heavy (non-hydrogen) atoms. The van der Waals surface area contributed by atoms with Gasteiger partial charge in [0, 0.05) is 37.6 Å². The summed E-state index contributed by atoms with van der Waals surface area (Å²) in [7, 11) is 0. The third-order valence-corrected chi connectivity index (χ3v) is 4.15. The summed E-state index contributed by atoms with van der Waals surface area (Å²) in [5.41, 5.74) is 2.69. The van der Waals surface area contributed by atoms with Gasteiger partial charge in [-0.3, -0.25) is 0 Å². The number of morpholine rings is 1. The Balaban J connectivity index is 1.64. The van der Waals surface area contributed by atoms with Crippen LogP contribution in [0.15, 0.2) is 24.3 Å². The van der Waals surface area contributed by atoms with Crippen LogP contribution in [0, 0.1) is 0 Å². The first kappa shape index (κ1) is 13.7. The van der Waals surface area contributed by atoms with Crippen molar-refractivity contribution in [2.45, 2.75) is 12.8 Å². The van der Waals surface area contributed by atoms with Crippen LogP contribution in [-0.2, 0) is 4.74 Å². The van der Waals surface area contributed by atoms with E-state index in [2.05, 4.69) is 39.4 Å². The van der Waals surface area contributed by atoms with Crippen LogP contribution in [0.2, 0.25) is 0 Å². The van der Waals surface area contributed by atoms with Gasteiger partial charge in [-0.1, -0.05) is 0 Å². The molecular formula is C16H25N3O. The molecule has 3 rings (SSSR count). The second-order valence-corrected chi connectivity index (χ2v) is 5.56. The van der Waals surface area contributed by atoms with E-state index in [0.29, 0.717) is 0 Å². The normalized spacial score (nSPS) is 21.4. The molecule has 0 unspecified atom stereocenters. The summed E-state index contributed by atoms with van der Waals surface area (Å²) < 4.78 is 5.41. The minimum absolute atomic E-state index is 0.848. The van der Waals surface area contributed by atoms with E-state index in [1.807, 2.05) is 0 Å². The van der Waals surface area contributed by atoms with E-state index in [9.17, 15) is 0 Å². The van der Waals surface area contributed by atoms with Gasteiger partial charge >= 0.3 is 0 Å². The SMILES string of the molecule is c1cc(N2CCOCC2)ccc1N1CCCNCCC1. The smallest absolute Gasteiger partial charge is 0.0642 e. The summed E-state index contributed by atoms with van der Waals surface area (Å²) in [5.74, 6) is 0. The second kappa shape index (κ2) is 6.95. The Morgan fingerprint density at radius 3 is 1.80 bits per heavy atom. The maximum Gasteiger partial charge on any atom is 0.0642 e. The Hall–Kier alpha value is -1.26. The third kappa shape index (κ3) is 3.44. The number of benzene rings is 1. The highest BCUT2D eigenvalue weighted by Gasteiger charge is 2.12. The van der Waals surface area contributed by atoms with Crippen LogP contribution in [0.25, 0.3) is 0 Å². The van der Waals surface area contributed by atoms with Gasteiger partial charge in [-0.25, -0.2) is 0 Å². The maximum atomic E-state index is 5.41. The molecule has 0 bridgehead atoms. The third-order valence-electron chi connectivity index (χ3n) is 4.15. The van der Waals surface area contributed by atoms with Crippen LogP contribution in [0.4, 0.5) is 11.4 Å². The Labute approximate surface area is 121 Å². The van der Waals surface area contributed by atoms with Crippen molar-refractivity contribution in [3.05, 3.63) is 24.3 Å². The fourth-order valence-corrected chi connectivity index (χ4v) is 2.98. The van der Waals surface area contributed by atoms with Gasteiger partial charge < -0.3 is 19.9 Å². The van der Waals surface area contributed by atoms with Gasteiger partial charge in [-0.15, -0.1) is 0 Å². The maximum absolute atomic E-state index is 5.41. The van der Waals surface area contributed by atoms with E-state index >= 15 is 0 Å². The fourth-order valence-electron chi connectivity index (χ4n) is 2.98. The van der Waals surface area contributed by atoms with E-state index in [0.717, 1.165) is 52.5 Å². The van der Waals surface area contributed by atoms with Gasteiger partial charge in [0.2, 0.25) is 0 Å². The molecule has 110 valence electrons. The van der Waals surface area contributed by atoms with Crippen molar-refractivity contribution in [1.29, 1.82) is 0 Å². The number of hydrogen-bond acceptors (Lipinski definition) is 4. The molecule has 2 aliphatic heterocycles. The summed E-state index contributed by atoms with van der Waals surface area (Å²) in [6.07, 6.45) is 2.45. The lowest BCUT2D eigenvalue weighted by Gasteiger charge is -2.30. The lowest BCUT2D eigenvalue weighted by molar-refractivity contribution is 0.122. The van der Waals surface area contributed by atoms with Crippen LogP contribution < -0.4 is 15.1 Å². The van der Waals surface area contributed by atoms with E-state index in [1.165, 1.54) is 24.2 Å². The van der Waals surface area contributed by atoms with E-state index in [4.69, 9.17) is 4.74 Å². The number of ether oxygens (including phenoxy) is 1. The van der Waals surface area contributed by atoms with Crippen LogP contribution in [-0.4, -0.2) is 52.5 Å². The zero-order valence-electron chi connectivity index (χ0n) is 12.2. The van der Waals surface area contributed by atoms with Gasteiger partial charge in [-0.05, 0) is 50.2 Å². The van der Waals surface area contributed by atoms with Crippen molar-refractivity contribution in [3.63, 3.8) is 0 Å². The Morgan fingerprint density at radius 2 is 1.25 bits per heavy atom. The van der Waals surface area contributed by atoms with Crippen LogP contribution >= 0.6 is 0 Å². The summed E-state index contributed by atoms with van der Waals surface area (Å²) in [6, 6.07) is 9.08. The molecule has 2 fully saturated rings. The molecule has 0 spiro atoms. The molecule has 0 atom stereocenters. The van der Waals surface area contributed by atoms with Gasteiger partial charge in [-0.2, -0.15) is 0 Å². The molecule has 2 aliphatic rings. The van der Waals surface area contributed by atoms with Gasteiger partial charge in [0.15, 0.2) is 0 Å². The van der Waals surface area contributed by atoms with Crippen molar-refractivity contribution in [3.8, 4) is 0 Å². The molecule has 0 aliphatic carbocycles. The zero-order valence-corrected chi connectivity index (χ0v) is 12.2. The molecule has 0 radical (unpaired) electrons. The van der Waals surface area contributed by atoms with Gasteiger partial charge in [0.05, 0.1) is 13.2 Å². The molecule has 4 heteroatoms. The lowest BCUT2D eigenvalue weighted by atomic mass is 10.2. The van der Waals surface area contributed by atoms with Crippen LogP contribution in [0.5, 0.6) is 0 Å². The van der Waals surface area contributed by atoms with Crippen molar-refractivity contribution in [1.82, 2.24) is 5.32 Å². The Kier molecular flexibility index (Phi) is 4.77. The summed E-state index contributed by atoms with van der Waals surface area (Å²) in [4.78, 5) is 4.93. The average molecular weight is 275 g/mol. The van der Waals surface area contributed by atoms with Crippen LogP contribution in [0.1, 0.15) is 12.8 Å². The molecule has 0 saturated carbocycles. The average Bonchev–Trinajstić information content (AvgIpc) is 2.48. The summed E-state index contributed by atoms with van der Waals surface area (Å²) in [5, 5.41) is 3.47. The minimum Gasteiger partial charge on any atom is -0.378 e. The van der Waals surface area contributed by atoms with Crippen molar-refractivity contribution >= 4 is 11.4 Å². The molecule has 1 aromatic carbocycles. The van der Waals surface area contributed by atoms with Crippen LogP contribution in [0.3, 0.4) is 0 Å². The fraction of sp³-hybridized carbons (Fsp3) is 0.625. The molecule has 0 aromatic heterocycles. The topological polar surface area (TPSA) is 27.7 Å². The summed E-state index contributed by atoms with van der Waals surface area (Å²) in [6.45, 7) is 8.31. The quantitative estimate of drug-likeness (QED) is 0.889. The first-order chi connectivity index (χ1) is 9.93. The van der Waals surface area contributed by atoms with Crippen molar-refractivity contribution in [2.24, 2.45) is 0 Å². The lowest BCUT2D eigenvalue weighted by Crippen LogP contribution is -2.36. The second-order valence-electron chi connectivity index (χ2n) is 5.56. The number of rotatable bonds is 2. The number of nitrogens with zero attached hydrogens (tertiary/aromatic N) is 2. The molecule has 2 heterocycles. The van der Waals surface area contributed by atoms with E-state index < -0.39 is 0 Å². The Morgan fingerprint density at radius 1 is 0.750 bits per heavy atom. The minimum atomic E-state index is 0.848. The predicted octanol–water partition coefficient (Wildman–Crippen LogP) is 1.71. The highest BCUT2D eigenvalue weighted by molar-refractivity contribution is 5.56. The highest BCUT2D eigenvalue weighted by Crippen LogP contribution is 2.22. The van der Waals surface area contributed by atoms with Gasteiger partial charge in [0.1, 0.15) is 0 Å². The zero-order chi connectivity index (χ0) is 13.6. The highest BCUT2D eigenvalue weighted by atomic mass is 16.5. The molecular weight excluding hydrogens is 250 g/mol. The first-order valence-electron chi connectivity index (χ1n) is 7.82. The molecule has 1 N–H and O–H groups in total. The standard InChI is InChI=1S/C16H25N3O/c1-7-17-8-2-10-18(9-1)15-3-5-16(6-4-15)19-11-13-20-14-12-19/h3-6,17H,1-2,7-14H2. The van der Waals surface area contributed by atoms with Crippen molar-refractivity contribution < 1.29 is 4.74 Å². The number of hydrogen-bond donors (Lipinski definition) is 1. The van der Waals surface area contributed by atoms with Gasteiger partial charge in [0.25, 0.3) is 0 Å². The summed E-state index contributed by atoms with van der Waals surface area (Å²) >= 11 is 0. The van der Waals surface area contributed by atoms with Crippen molar-refractivity contribution in [2.75, 3.05) is 62.3 Å². The monoisotopic (exact) mass is 275 g/mol. The molecule has 0 amide bonds. The Bertz CT molecular complexity index is 393. The molecule has 1 aromatic rings. The largest absolute Gasteiger partial charge is 0.378 e. The number of anilines is 2.